The Balaban J connectivity index is 2.08. The summed E-state index contributed by atoms with van der Waals surface area (Å²) in [4.78, 5) is 21.1. The molecule has 1 aliphatic heterocycles. The third-order valence-corrected chi connectivity index (χ3v) is 7.29. The van der Waals surface area contributed by atoms with E-state index in [9.17, 15) is 13.6 Å². The molecule has 2 heterocycles. The number of nitrogens with zero attached hydrogens (tertiary/aromatic N) is 2. The lowest BCUT2D eigenvalue weighted by atomic mass is 9.73. The SMILES string of the molecule is CNC(=O)[C@@]1(C)SC(N)=N[C@](C)(c2cc(/C=C(\F)c3ccc(Cl)cn3)ccc2F)[C@@H]1C. The van der Waals surface area contributed by atoms with Gasteiger partial charge in [-0.2, -0.15) is 0 Å². The Morgan fingerprint density at radius 3 is 2.65 bits per heavy atom. The predicted octanol–water partition coefficient (Wildman–Crippen LogP) is 4.76. The Hall–Kier alpha value is -2.45. The van der Waals surface area contributed by atoms with E-state index >= 15 is 0 Å². The van der Waals surface area contributed by atoms with Crippen LogP contribution in [0.25, 0.3) is 11.9 Å². The first-order valence-corrected chi connectivity index (χ1v) is 10.8. The van der Waals surface area contributed by atoms with E-state index in [-0.39, 0.29) is 22.3 Å². The van der Waals surface area contributed by atoms with Crippen LogP contribution in [0.15, 0.2) is 41.5 Å². The van der Waals surface area contributed by atoms with E-state index in [2.05, 4.69) is 15.3 Å². The summed E-state index contributed by atoms with van der Waals surface area (Å²) in [6, 6.07) is 7.24. The lowest BCUT2D eigenvalue weighted by Crippen LogP contribution is -2.55. The minimum absolute atomic E-state index is 0.110. The molecular formula is C22H23ClF2N4OS. The van der Waals surface area contributed by atoms with Gasteiger partial charge < -0.3 is 11.1 Å². The van der Waals surface area contributed by atoms with E-state index in [1.165, 1.54) is 42.6 Å². The van der Waals surface area contributed by atoms with E-state index in [1.807, 2.05) is 6.92 Å². The molecular weight excluding hydrogens is 442 g/mol. The zero-order valence-electron chi connectivity index (χ0n) is 17.5. The van der Waals surface area contributed by atoms with E-state index < -0.39 is 27.8 Å². The fourth-order valence-electron chi connectivity index (χ4n) is 3.73. The number of pyridine rings is 1. The molecule has 31 heavy (non-hydrogen) atoms. The van der Waals surface area contributed by atoms with Crippen LogP contribution in [0.3, 0.4) is 0 Å². The lowest BCUT2D eigenvalue weighted by Gasteiger charge is -2.46. The van der Waals surface area contributed by atoms with Crippen LogP contribution in [0, 0.1) is 11.7 Å². The van der Waals surface area contributed by atoms with Gasteiger partial charge in [0.15, 0.2) is 5.17 Å². The van der Waals surface area contributed by atoms with Crippen molar-refractivity contribution in [3.63, 3.8) is 0 Å². The second-order valence-corrected chi connectivity index (χ2v) is 9.61. The minimum atomic E-state index is -1.14. The van der Waals surface area contributed by atoms with Crippen molar-refractivity contribution in [2.45, 2.75) is 31.1 Å². The zero-order chi connectivity index (χ0) is 23.0. The van der Waals surface area contributed by atoms with Gasteiger partial charge in [0.1, 0.15) is 16.4 Å². The highest BCUT2D eigenvalue weighted by Gasteiger charge is 2.53. The highest BCUT2D eigenvalue weighted by molar-refractivity contribution is 8.15. The maximum absolute atomic E-state index is 15.0. The second kappa shape index (κ2) is 8.59. The molecule has 3 N–H and O–H groups in total. The molecule has 1 aromatic heterocycles. The van der Waals surface area contributed by atoms with Crippen LogP contribution in [-0.4, -0.2) is 27.9 Å². The number of nitrogens with one attached hydrogen (secondary N) is 1. The number of halogens is 3. The van der Waals surface area contributed by atoms with Crippen LogP contribution >= 0.6 is 23.4 Å². The first-order valence-electron chi connectivity index (χ1n) is 9.57. The maximum Gasteiger partial charge on any atom is 0.236 e. The molecule has 0 bridgehead atoms. The molecule has 3 atom stereocenters. The summed E-state index contributed by atoms with van der Waals surface area (Å²) in [7, 11) is 1.54. The first kappa shape index (κ1) is 23.2. The lowest BCUT2D eigenvalue weighted by molar-refractivity contribution is -0.124. The number of amides is 1. The van der Waals surface area contributed by atoms with E-state index in [4.69, 9.17) is 17.3 Å². The van der Waals surface area contributed by atoms with Gasteiger partial charge in [0.05, 0.1) is 16.3 Å². The van der Waals surface area contributed by atoms with Crippen molar-refractivity contribution in [3.8, 4) is 0 Å². The summed E-state index contributed by atoms with van der Waals surface area (Å²) in [5.41, 5.74) is 5.67. The molecule has 0 saturated heterocycles. The Morgan fingerprint density at radius 1 is 1.32 bits per heavy atom. The summed E-state index contributed by atoms with van der Waals surface area (Å²) < 4.78 is 28.7. The Labute approximate surface area is 189 Å². The van der Waals surface area contributed by atoms with Gasteiger partial charge in [0.25, 0.3) is 0 Å². The molecule has 164 valence electrons. The van der Waals surface area contributed by atoms with Gasteiger partial charge in [-0.1, -0.05) is 36.4 Å². The topological polar surface area (TPSA) is 80.4 Å². The molecule has 2 aromatic rings. The van der Waals surface area contributed by atoms with Crippen LogP contribution in [0.5, 0.6) is 0 Å². The Bertz CT molecular complexity index is 1080. The molecule has 1 aliphatic rings. The molecule has 0 spiro atoms. The fraction of sp³-hybridized carbons (Fsp3) is 0.318. The molecule has 9 heteroatoms. The summed E-state index contributed by atoms with van der Waals surface area (Å²) >= 11 is 6.95. The number of benzene rings is 1. The molecule has 3 rings (SSSR count). The standard InChI is InChI=1S/C22H23ClF2N4OS/c1-12-21(2,29-20(26)31-22(12,3)19(30)27-4)15-9-13(5-7-16(15)24)10-17(25)18-8-6-14(23)11-28-18/h5-12H,1-4H3,(H2,26,29)(H,27,30)/b17-10-/t12-,21-,22-/m0/s1. The summed E-state index contributed by atoms with van der Waals surface area (Å²) in [5, 5.41) is 3.23. The number of nitrogens with two attached hydrogens (primary N) is 1. The number of amidine groups is 1. The van der Waals surface area contributed by atoms with Crippen molar-refractivity contribution in [1.82, 2.24) is 10.3 Å². The number of thioether (sulfide) groups is 1. The largest absolute Gasteiger partial charge is 0.378 e. The number of rotatable bonds is 4. The van der Waals surface area contributed by atoms with Gasteiger partial charge in [0.2, 0.25) is 5.91 Å². The molecule has 0 aliphatic carbocycles. The Morgan fingerprint density at radius 2 is 2.03 bits per heavy atom. The average molecular weight is 465 g/mol. The van der Waals surface area contributed by atoms with Crippen molar-refractivity contribution in [1.29, 1.82) is 0 Å². The van der Waals surface area contributed by atoms with Crippen LogP contribution in [0.1, 0.15) is 37.6 Å². The van der Waals surface area contributed by atoms with Gasteiger partial charge in [-0.25, -0.2) is 8.78 Å². The number of aliphatic imine (C=N–C) groups is 1. The van der Waals surface area contributed by atoms with Crippen LogP contribution in [-0.2, 0) is 10.3 Å². The summed E-state index contributed by atoms with van der Waals surface area (Å²) in [6.45, 7) is 5.32. The van der Waals surface area contributed by atoms with Crippen LogP contribution in [0.2, 0.25) is 5.02 Å². The van der Waals surface area contributed by atoms with E-state index in [0.717, 1.165) is 11.8 Å². The van der Waals surface area contributed by atoms with E-state index in [0.29, 0.717) is 10.6 Å². The molecule has 0 saturated carbocycles. The van der Waals surface area contributed by atoms with Crippen molar-refractivity contribution in [2.24, 2.45) is 16.6 Å². The summed E-state index contributed by atoms with van der Waals surface area (Å²) in [6.07, 6.45) is 2.61. The Kier molecular flexibility index (Phi) is 6.43. The molecule has 5 nitrogen and oxygen atoms in total. The third kappa shape index (κ3) is 4.32. The third-order valence-electron chi connectivity index (χ3n) is 5.81. The minimum Gasteiger partial charge on any atom is -0.378 e. The molecule has 0 unspecified atom stereocenters. The van der Waals surface area contributed by atoms with Crippen molar-refractivity contribution >= 4 is 46.3 Å². The summed E-state index contributed by atoms with van der Waals surface area (Å²) in [5.74, 6) is -1.76. The van der Waals surface area contributed by atoms with Gasteiger partial charge >= 0.3 is 0 Å². The fourth-order valence-corrected chi connectivity index (χ4v) is 5.12. The van der Waals surface area contributed by atoms with Crippen LogP contribution in [0.4, 0.5) is 8.78 Å². The highest BCUT2D eigenvalue weighted by Crippen LogP contribution is 2.50. The smallest absolute Gasteiger partial charge is 0.236 e. The average Bonchev–Trinajstić information content (AvgIpc) is 2.73. The van der Waals surface area contributed by atoms with Gasteiger partial charge in [-0.3, -0.25) is 14.8 Å². The molecule has 0 fully saturated rings. The number of carbonyl (C=O) groups is 1. The second-order valence-electron chi connectivity index (χ2n) is 7.70. The maximum atomic E-state index is 15.0. The highest BCUT2D eigenvalue weighted by atomic mass is 35.5. The monoisotopic (exact) mass is 464 g/mol. The number of hydrogen-bond donors (Lipinski definition) is 2. The van der Waals surface area contributed by atoms with Gasteiger partial charge in [-0.05, 0) is 49.8 Å². The number of carbonyl (C=O) groups excluding carboxylic acids is 1. The molecule has 0 radical (unpaired) electrons. The number of aromatic nitrogens is 1. The number of hydrogen-bond acceptors (Lipinski definition) is 5. The molecule has 1 amide bonds. The normalized spacial score (nSPS) is 26.4. The first-order chi connectivity index (χ1) is 14.5. The molecule has 1 aromatic carbocycles. The predicted molar refractivity (Wildman–Crippen MR) is 123 cm³/mol. The van der Waals surface area contributed by atoms with E-state index in [1.54, 1.807) is 20.9 Å². The van der Waals surface area contributed by atoms with Crippen molar-refractivity contribution in [3.05, 3.63) is 64.2 Å². The van der Waals surface area contributed by atoms with Gasteiger partial charge in [0, 0.05) is 24.7 Å². The van der Waals surface area contributed by atoms with Crippen LogP contribution < -0.4 is 11.1 Å². The quantitative estimate of drug-likeness (QED) is 0.683. The van der Waals surface area contributed by atoms with Crippen molar-refractivity contribution in [2.75, 3.05) is 7.05 Å². The van der Waals surface area contributed by atoms with Crippen molar-refractivity contribution < 1.29 is 13.6 Å². The zero-order valence-corrected chi connectivity index (χ0v) is 19.1. The van der Waals surface area contributed by atoms with Gasteiger partial charge in [-0.15, -0.1) is 0 Å².